The number of alkyl halides is 3. The zero-order valence-electron chi connectivity index (χ0n) is 9.85. The minimum Gasteiger partial charge on any atom is -0.338 e. The largest absolute Gasteiger partial charge is 0.471 e. The van der Waals surface area contributed by atoms with Gasteiger partial charge in [-0.1, -0.05) is 0 Å². The minimum atomic E-state index is -5.12. The Labute approximate surface area is 109 Å². The monoisotopic (exact) mass is 293 g/mol. The van der Waals surface area contributed by atoms with Crippen LogP contribution in [0, 0.1) is 11.6 Å². The second-order valence-electron chi connectivity index (χ2n) is 4.34. The van der Waals surface area contributed by atoms with Gasteiger partial charge in [-0.15, -0.1) is 0 Å². The Morgan fingerprint density at radius 1 is 1.25 bits per heavy atom. The highest BCUT2D eigenvalue weighted by Crippen LogP contribution is 2.26. The van der Waals surface area contributed by atoms with Crippen molar-refractivity contribution in [1.29, 1.82) is 0 Å². The summed E-state index contributed by atoms with van der Waals surface area (Å²) in [6.45, 7) is 0. The molecule has 0 bridgehead atoms. The molecule has 1 atom stereocenters. The number of hydrogen-bond donors (Lipinski definition) is 1. The summed E-state index contributed by atoms with van der Waals surface area (Å²) in [6, 6.07) is -0.0780. The van der Waals surface area contributed by atoms with Crippen molar-refractivity contribution >= 4 is 11.7 Å². The zero-order valence-corrected chi connectivity index (χ0v) is 9.85. The first kappa shape index (κ1) is 14.4. The molecule has 0 aliphatic heterocycles. The fraction of sp³-hybridized carbons (Fsp3) is 0.333. The third-order valence-corrected chi connectivity index (χ3v) is 2.99. The highest BCUT2D eigenvalue weighted by atomic mass is 19.4. The molecule has 1 N–H and O–H groups in total. The molecule has 20 heavy (non-hydrogen) atoms. The average molecular weight is 293 g/mol. The van der Waals surface area contributed by atoms with E-state index in [0.29, 0.717) is 6.07 Å². The van der Waals surface area contributed by atoms with Crippen LogP contribution in [-0.4, -0.2) is 23.9 Å². The molecular weight excluding hydrogens is 285 g/mol. The van der Waals surface area contributed by atoms with Crippen LogP contribution in [0.5, 0.6) is 0 Å². The number of hydrogen-bond acceptors (Lipinski definition) is 2. The Bertz CT molecular complexity index is 582. The van der Waals surface area contributed by atoms with Gasteiger partial charge in [-0.05, 0) is 24.5 Å². The van der Waals surface area contributed by atoms with Crippen molar-refractivity contribution in [3.63, 3.8) is 0 Å². The van der Waals surface area contributed by atoms with Crippen molar-refractivity contribution in [3.8, 4) is 0 Å². The second-order valence-corrected chi connectivity index (χ2v) is 4.34. The van der Waals surface area contributed by atoms with E-state index in [1.807, 2.05) is 0 Å². The number of Topliss-reactive ketones (excluding diaryl/α,β-unsaturated/α-hetero) is 1. The molecule has 0 fully saturated rings. The summed E-state index contributed by atoms with van der Waals surface area (Å²) in [4.78, 5) is 22.7. The van der Waals surface area contributed by atoms with Crippen LogP contribution in [0.3, 0.4) is 0 Å². The van der Waals surface area contributed by atoms with E-state index >= 15 is 0 Å². The molecule has 1 aliphatic rings. The van der Waals surface area contributed by atoms with Crippen molar-refractivity contribution in [3.05, 3.63) is 34.9 Å². The van der Waals surface area contributed by atoms with Gasteiger partial charge in [0.25, 0.3) is 0 Å². The van der Waals surface area contributed by atoms with Crippen LogP contribution in [0.15, 0.2) is 12.1 Å². The fourth-order valence-electron chi connectivity index (χ4n) is 2.06. The van der Waals surface area contributed by atoms with Crippen LogP contribution >= 0.6 is 0 Å². The van der Waals surface area contributed by atoms with E-state index in [-0.39, 0.29) is 24.0 Å². The van der Waals surface area contributed by atoms with Gasteiger partial charge in [0.1, 0.15) is 11.6 Å². The molecule has 0 unspecified atom stereocenters. The van der Waals surface area contributed by atoms with Gasteiger partial charge in [0.05, 0.1) is 6.04 Å². The number of ketones is 1. The van der Waals surface area contributed by atoms with E-state index in [1.165, 1.54) is 5.32 Å². The highest BCUT2D eigenvalue weighted by Gasteiger charge is 2.42. The minimum absolute atomic E-state index is 0.0473. The molecule has 108 valence electrons. The topological polar surface area (TPSA) is 46.2 Å². The Morgan fingerprint density at radius 3 is 2.50 bits per heavy atom. The van der Waals surface area contributed by atoms with Gasteiger partial charge < -0.3 is 5.32 Å². The average Bonchev–Trinajstić information content (AvgIpc) is 2.32. The first-order valence-corrected chi connectivity index (χ1v) is 5.60. The molecular formula is C12H8F5NO2. The molecule has 0 aromatic heterocycles. The summed E-state index contributed by atoms with van der Waals surface area (Å²) in [5, 5.41) is 1.53. The van der Waals surface area contributed by atoms with E-state index in [9.17, 15) is 31.5 Å². The van der Waals surface area contributed by atoms with Crippen LogP contribution in [0.1, 0.15) is 22.3 Å². The maximum absolute atomic E-state index is 13.4. The lowest BCUT2D eigenvalue weighted by atomic mass is 9.86. The van der Waals surface area contributed by atoms with Crippen molar-refractivity contribution in [2.45, 2.75) is 25.1 Å². The predicted molar refractivity (Wildman–Crippen MR) is 57.0 cm³/mol. The summed E-state index contributed by atoms with van der Waals surface area (Å²) in [5.74, 6) is -5.11. The molecule has 2 rings (SSSR count). The Kier molecular flexibility index (Phi) is 3.49. The van der Waals surface area contributed by atoms with Crippen molar-refractivity contribution < 1.29 is 31.5 Å². The normalized spacial score (nSPS) is 18.6. The first-order valence-electron chi connectivity index (χ1n) is 5.60. The molecule has 1 aromatic rings. The Hall–Kier alpha value is -1.99. The van der Waals surface area contributed by atoms with E-state index in [4.69, 9.17) is 0 Å². The molecule has 1 aliphatic carbocycles. The Balaban J connectivity index is 2.26. The lowest BCUT2D eigenvalue weighted by Crippen LogP contribution is -2.48. The van der Waals surface area contributed by atoms with Gasteiger partial charge in [-0.2, -0.15) is 13.2 Å². The maximum atomic E-state index is 13.4. The van der Waals surface area contributed by atoms with Crippen LogP contribution in [0.2, 0.25) is 0 Å². The quantitative estimate of drug-likeness (QED) is 0.806. The number of nitrogens with one attached hydrogen (secondary N) is 1. The van der Waals surface area contributed by atoms with Crippen molar-refractivity contribution in [2.75, 3.05) is 0 Å². The third-order valence-electron chi connectivity index (χ3n) is 2.99. The smallest absolute Gasteiger partial charge is 0.338 e. The fourth-order valence-corrected chi connectivity index (χ4v) is 2.06. The van der Waals surface area contributed by atoms with Gasteiger partial charge in [0, 0.05) is 11.6 Å². The molecule has 0 saturated heterocycles. The summed E-state index contributed by atoms with van der Waals surface area (Å²) < 4.78 is 62.8. The molecule has 0 radical (unpaired) electrons. The number of halogens is 5. The SMILES string of the molecule is O=C1c2cc(F)cc(F)c2CC[C@@H]1NC(=O)C(F)(F)F. The van der Waals surface area contributed by atoms with Crippen LogP contribution < -0.4 is 5.32 Å². The molecule has 0 heterocycles. The van der Waals surface area contributed by atoms with Crippen LogP contribution in [0.4, 0.5) is 22.0 Å². The van der Waals surface area contributed by atoms with Gasteiger partial charge in [-0.3, -0.25) is 9.59 Å². The lowest BCUT2D eigenvalue weighted by Gasteiger charge is -2.24. The van der Waals surface area contributed by atoms with E-state index < -0.39 is 35.5 Å². The van der Waals surface area contributed by atoms with E-state index in [2.05, 4.69) is 0 Å². The number of carbonyl (C=O) groups excluding carboxylic acids is 2. The number of carbonyl (C=O) groups is 2. The van der Waals surface area contributed by atoms with Gasteiger partial charge in [0.2, 0.25) is 0 Å². The first-order chi connectivity index (χ1) is 9.20. The standard InChI is InChI=1S/C12H8F5NO2/c13-5-3-7-6(8(14)4-5)1-2-9(10(7)19)18-11(20)12(15,16)17/h3-4,9H,1-2H2,(H,18,20)/t9-/m0/s1. The second kappa shape index (κ2) is 4.84. The highest BCUT2D eigenvalue weighted by molar-refractivity contribution is 6.04. The zero-order chi connectivity index (χ0) is 15.1. The molecule has 8 heteroatoms. The third kappa shape index (κ3) is 2.63. The predicted octanol–water partition coefficient (Wildman–Crippen LogP) is 2.14. The van der Waals surface area contributed by atoms with Crippen molar-refractivity contribution in [1.82, 2.24) is 5.32 Å². The maximum Gasteiger partial charge on any atom is 0.471 e. The molecule has 0 spiro atoms. The molecule has 1 amide bonds. The van der Waals surface area contributed by atoms with Gasteiger partial charge in [-0.25, -0.2) is 8.78 Å². The van der Waals surface area contributed by atoms with Gasteiger partial charge >= 0.3 is 12.1 Å². The summed E-state index contributed by atoms with van der Waals surface area (Å²) >= 11 is 0. The number of rotatable bonds is 1. The summed E-state index contributed by atoms with van der Waals surface area (Å²) in [7, 11) is 0. The van der Waals surface area contributed by atoms with E-state index in [0.717, 1.165) is 6.07 Å². The molecule has 1 aromatic carbocycles. The Morgan fingerprint density at radius 2 is 1.90 bits per heavy atom. The summed E-state index contributed by atoms with van der Waals surface area (Å²) in [6.07, 6.45) is -5.35. The lowest BCUT2D eigenvalue weighted by molar-refractivity contribution is -0.174. The van der Waals surface area contributed by atoms with E-state index in [1.54, 1.807) is 0 Å². The van der Waals surface area contributed by atoms with Crippen molar-refractivity contribution in [2.24, 2.45) is 0 Å². The molecule has 3 nitrogen and oxygen atoms in total. The van der Waals surface area contributed by atoms with Gasteiger partial charge in [0.15, 0.2) is 5.78 Å². The molecule has 0 saturated carbocycles. The summed E-state index contributed by atoms with van der Waals surface area (Å²) in [5.41, 5.74) is -0.380. The van der Waals surface area contributed by atoms with Crippen LogP contribution in [0.25, 0.3) is 0 Å². The number of amides is 1. The number of fused-ring (bicyclic) bond motifs is 1. The van der Waals surface area contributed by atoms with Crippen LogP contribution in [-0.2, 0) is 11.2 Å². The number of benzene rings is 1.